The van der Waals surface area contributed by atoms with Crippen LogP contribution in [-0.2, 0) is 16.3 Å². The largest absolute Gasteiger partial charge is 0.330 e. The summed E-state index contributed by atoms with van der Waals surface area (Å²) in [6, 6.07) is 10.2. The number of sulfone groups is 1. The molecule has 0 atom stereocenters. The predicted octanol–water partition coefficient (Wildman–Crippen LogP) is 1.38. The van der Waals surface area contributed by atoms with Gasteiger partial charge in [-0.25, -0.2) is 8.42 Å². The topological polar surface area (TPSA) is 60.2 Å². The fourth-order valence-corrected chi connectivity index (χ4v) is 4.15. The van der Waals surface area contributed by atoms with Crippen molar-refractivity contribution < 1.29 is 8.42 Å². The van der Waals surface area contributed by atoms with Crippen LogP contribution in [0.3, 0.4) is 0 Å². The molecule has 3 nitrogen and oxygen atoms in total. The zero-order chi connectivity index (χ0) is 12.4. The maximum absolute atomic E-state index is 11.5. The number of rotatable bonds is 3. The molecule has 2 rings (SSSR count). The highest BCUT2D eigenvalue weighted by Crippen LogP contribution is 2.35. The Morgan fingerprint density at radius 2 is 1.71 bits per heavy atom. The summed E-state index contributed by atoms with van der Waals surface area (Å²) in [5.74, 6) is 0.577. The van der Waals surface area contributed by atoms with Crippen LogP contribution < -0.4 is 5.73 Å². The van der Waals surface area contributed by atoms with E-state index >= 15 is 0 Å². The summed E-state index contributed by atoms with van der Waals surface area (Å²) in [6.07, 6.45) is 2.28. The van der Waals surface area contributed by atoms with Crippen LogP contribution in [0, 0.1) is 5.41 Å². The van der Waals surface area contributed by atoms with Gasteiger partial charge in [0.2, 0.25) is 0 Å². The second kappa shape index (κ2) is 4.78. The molecule has 0 spiro atoms. The van der Waals surface area contributed by atoms with E-state index in [2.05, 4.69) is 12.1 Å². The third-order valence-corrected chi connectivity index (χ3v) is 5.39. The van der Waals surface area contributed by atoms with E-state index in [1.54, 1.807) is 0 Å². The van der Waals surface area contributed by atoms with E-state index in [9.17, 15) is 8.42 Å². The molecule has 0 radical (unpaired) electrons. The molecule has 1 aliphatic rings. The fourth-order valence-electron chi connectivity index (χ4n) is 2.45. The zero-order valence-electron chi connectivity index (χ0n) is 9.93. The minimum Gasteiger partial charge on any atom is -0.330 e. The van der Waals surface area contributed by atoms with E-state index in [0.29, 0.717) is 19.4 Å². The molecule has 1 saturated heterocycles. The third-order valence-electron chi connectivity index (χ3n) is 3.74. The first-order valence-corrected chi connectivity index (χ1v) is 7.82. The summed E-state index contributed by atoms with van der Waals surface area (Å²) in [5.41, 5.74) is 7.11. The highest BCUT2D eigenvalue weighted by atomic mass is 32.2. The van der Waals surface area contributed by atoms with Crippen LogP contribution in [0.4, 0.5) is 0 Å². The molecule has 1 heterocycles. The minimum absolute atomic E-state index is 0.0212. The lowest BCUT2D eigenvalue weighted by atomic mass is 9.77. The molecule has 0 aromatic heterocycles. The summed E-state index contributed by atoms with van der Waals surface area (Å²) in [7, 11) is -2.81. The molecule has 0 aliphatic carbocycles. The summed E-state index contributed by atoms with van der Waals surface area (Å²) >= 11 is 0. The van der Waals surface area contributed by atoms with Crippen LogP contribution in [0.2, 0.25) is 0 Å². The molecule has 0 amide bonds. The third kappa shape index (κ3) is 3.07. The molecule has 0 saturated carbocycles. The van der Waals surface area contributed by atoms with Crippen molar-refractivity contribution in [2.45, 2.75) is 19.3 Å². The Balaban J connectivity index is 2.12. The maximum Gasteiger partial charge on any atom is 0.150 e. The van der Waals surface area contributed by atoms with Gasteiger partial charge < -0.3 is 5.73 Å². The van der Waals surface area contributed by atoms with E-state index < -0.39 is 9.84 Å². The first-order valence-electron chi connectivity index (χ1n) is 6.00. The molecule has 0 bridgehead atoms. The van der Waals surface area contributed by atoms with E-state index in [-0.39, 0.29) is 16.9 Å². The van der Waals surface area contributed by atoms with Crippen LogP contribution in [0.5, 0.6) is 0 Å². The van der Waals surface area contributed by atoms with Crippen molar-refractivity contribution in [3.8, 4) is 0 Å². The Labute approximate surface area is 103 Å². The normalized spacial score (nSPS) is 22.2. The number of hydrogen-bond donors (Lipinski definition) is 1. The Hall–Kier alpha value is -0.870. The zero-order valence-corrected chi connectivity index (χ0v) is 10.7. The second-order valence-electron chi connectivity index (χ2n) is 5.02. The van der Waals surface area contributed by atoms with Gasteiger partial charge in [0, 0.05) is 0 Å². The second-order valence-corrected chi connectivity index (χ2v) is 7.32. The van der Waals surface area contributed by atoms with Crippen LogP contribution in [0.1, 0.15) is 18.4 Å². The molecule has 2 N–H and O–H groups in total. The molecular weight excluding hydrogens is 234 g/mol. The quantitative estimate of drug-likeness (QED) is 0.885. The molecule has 4 heteroatoms. The van der Waals surface area contributed by atoms with E-state index in [4.69, 9.17) is 5.73 Å². The van der Waals surface area contributed by atoms with Gasteiger partial charge in [-0.3, -0.25) is 0 Å². The van der Waals surface area contributed by atoms with Gasteiger partial charge in [0.05, 0.1) is 11.5 Å². The van der Waals surface area contributed by atoms with E-state index in [0.717, 1.165) is 6.42 Å². The molecule has 0 unspecified atom stereocenters. The van der Waals surface area contributed by atoms with E-state index in [1.807, 2.05) is 18.2 Å². The first-order chi connectivity index (χ1) is 8.05. The highest BCUT2D eigenvalue weighted by molar-refractivity contribution is 7.91. The molecule has 1 aromatic rings. The lowest BCUT2D eigenvalue weighted by molar-refractivity contribution is 0.263. The van der Waals surface area contributed by atoms with Crippen molar-refractivity contribution in [3.63, 3.8) is 0 Å². The summed E-state index contributed by atoms with van der Waals surface area (Å²) in [4.78, 5) is 0. The summed E-state index contributed by atoms with van der Waals surface area (Å²) < 4.78 is 22.9. The monoisotopic (exact) mass is 253 g/mol. The van der Waals surface area contributed by atoms with Crippen molar-refractivity contribution in [3.05, 3.63) is 35.9 Å². The van der Waals surface area contributed by atoms with Gasteiger partial charge in [-0.2, -0.15) is 0 Å². The van der Waals surface area contributed by atoms with Crippen LogP contribution >= 0.6 is 0 Å². The van der Waals surface area contributed by atoms with Crippen LogP contribution in [0.25, 0.3) is 0 Å². The number of hydrogen-bond acceptors (Lipinski definition) is 3. The lowest BCUT2D eigenvalue weighted by Crippen LogP contribution is -2.40. The Morgan fingerprint density at radius 1 is 1.12 bits per heavy atom. The molecule has 1 fully saturated rings. The minimum atomic E-state index is -2.81. The van der Waals surface area contributed by atoms with Crippen molar-refractivity contribution >= 4 is 9.84 Å². The number of nitrogens with two attached hydrogens (primary N) is 1. The average Bonchev–Trinajstić information content (AvgIpc) is 2.34. The average molecular weight is 253 g/mol. The van der Waals surface area contributed by atoms with Crippen LogP contribution in [0.15, 0.2) is 30.3 Å². The summed E-state index contributed by atoms with van der Waals surface area (Å²) in [6.45, 7) is 0.567. The van der Waals surface area contributed by atoms with Gasteiger partial charge >= 0.3 is 0 Å². The van der Waals surface area contributed by atoms with Gasteiger partial charge in [-0.15, -0.1) is 0 Å². The fraction of sp³-hybridized carbons (Fsp3) is 0.538. The number of benzene rings is 1. The highest BCUT2D eigenvalue weighted by Gasteiger charge is 2.36. The van der Waals surface area contributed by atoms with Gasteiger partial charge in [-0.1, -0.05) is 30.3 Å². The predicted molar refractivity (Wildman–Crippen MR) is 69.5 cm³/mol. The van der Waals surface area contributed by atoms with Gasteiger partial charge in [0.1, 0.15) is 9.84 Å². The van der Waals surface area contributed by atoms with Gasteiger partial charge in [-0.05, 0) is 36.8 Å². The van der Waals surface area contributed by atoms with Crippen molar-refractivity contribution in [1.29, 1.82) is 0 Å². The summed E-state index contributed by atoms with van der Waals surface area (Å²) in [5, 5.41) is 0. The standard InChI is InChI=1S/C13H19NO2S/c14-11-13(6-8-17(15,16)9-7-13)10-12-4-2-1-3-5-12/h1-5H,6-11,14H2. The van der Waals surface area contributed by atoms with Crippen molar-refractivity contribution in [1.82, 2.24) is 0 Å². The molecular formula is C13H19NO2S. The van der Waals surface area contributed by atoms with E-state index in [1.165, 1.54) is 5.56 Å². The lowest BCUT2D eigenvalue weighted by Gasteiger charge is -2.36. The van der Waals surface area contributed by atoms with Gasteiger partial charge in [0.15, 0.2) is 0 Å². The van der Waals surface area contributed by atoms with Crippen molar-refractivity contribution in [2.24, 2.45) is 11.1 Å². The molecule has 1 aliphatic heterocycles. The Bertz CT molecular complexity index is 453. The van der Waals surface area contributed by atoms with Crippen molar-refractivity contribution in [2.75, 3.05) is 18.1 Å². The SMILES string of the molecule is NCC1(Cc2ccccc2)CCS(=O)(=O)CC1. The molecule has 17 heavy (non-hydrogen) atoms. The Kier molecular flexibility index (Phi) is 3.54. The Morgan fingerprint density at radius 3 is 2.24 bits per heavy atom. The molecule has 1 aromatic carbocycles. The smallest absolute Gasteiger partial charge is 0.150 e. The molecule has 94 valence electrons. The van der Waals surface area contributed by atoms with Gasteiger partial charge in [0.25, 0.3) is 0 Å². The maximum atomic E-state index is 11.5. The van der Waals surface area contributed by atoms with Crippen LogP contribution in [-0.4, -0.2) is 26.5 Å². The first kappa shape index (κ1) is 12.6.